The maximum atomic E-state index is 13.3. The molecule has 0 bridgehead atoms. The van der Waals surface area contributed by atoms with Gasteiger partial charge in [0.25, 0.3) is 0 Å². The van der Waals surface area contributed by atoms with Crippen molar-refractivity contribution in [1.29, 1.82) is 0 Å². The number of halogens is 2. The highest BCUT2D eigenvalue weighted by molar-refractivity contribution is 5.58. The Bertz CT molecular complexity index is 1030. The van der Waals surface area contributed by atoms with Crippen molar-refractivity contribution in [3.63, 3.8) is 0 Å². The van der Waals surface area contributed by atoms with E-state index in [4.69, 9.17) is 0 Å². The van der Waals surface area contributed by atoms with Crippen LogP contribution in [0.3, 0.4) is 0 Å². The van der Waals surface area contributed by atoms with Crippen LogP contribution in [0.2, 0.25) is 0 Å². The second-order valence-electron chi connectivity index (χ2n) is 5.51. The van der Waals surface area contributed by atoms with Crippen molar-refractivity contribution in [2.75, 3.05) is 5.32 Å². The van der Waals surface area contributed by atoms with E-state index in [1.54, 1.807) is 24.7 Å². The highest BCUT2D eigenvalue weighted by Crippen LogP contribution is 2.21. The monoisotopic (exact) mass is 349 g/mol. The highest BCUT2D eigenvalue weighted by atomic mass is 19.1. The summed E-state index contributed by atoms with van der Waals surface area (Å²) in [5.74, 6) is 0.178. The van der Waals surface area contributed by atoms with Crippen LogP contribution in [0, 0.1) is 11.6 Å². The van der Waals surface area contributed by atoms with Gasteiger partial charge in [-0.05, 0) is 18.2 Å². The summed E-state index contributed by atoms with van der Waals surface area (Å²) in [5.41, 5.74) is 1.17. The van der Waals surface area contributed by atoms with E-state index in [9.17, 15) is 8.78 Å². The van der Waals surface area contributed by atoms with E-state index in [2.05, 4.69) is 20.3 Å². The molecule has 2 aromatic heterocycles. The molecule has 0 amide bonds. The van der Waals surface area contributed by atoms with Crippen LogP contribution < -0.4 is 5.32 Å². The zero-order valence-electron chi connectivity index (χ0n) is 13.5. The minimum atomic E-state index is -0.676. The van der Waals surface area contributed by atoms with Crippen LogP contribution in [-0.4, -0.2) is 19.5 Å². The van der Waals surface area contributed by atoms with Crippen molar-refractivity contribution >= 4 is 11.6 Å². The maximum Gasteiger partial charge on any atom is 0.229 e. The topological polar surface area (TPSA) is 55.6 Å². The fourth-order valence-corrected chi connectivity index (χ4v) is 2.59. The standard InChI is InChI=1S/C19H13F2N5/c20-14-10-15(21)12-16(11-14)24-19-23-7-6-17(25-19)26-9-8-22-18(26)13-4-2-1-3-5-13/h1-12H,(H,23,24,25). The number of nitrogens with zero attached hydrogens (tertiary/aromatic N) is 4. The van der Waals surface area contributed by atoms with Crippen molar-refractivity contribution in [2.45, 2.75) is 0 Å². The third-order valence-electron chi connectivity index (χ3n) is 3.68. The largest absolute Gasteiger partial charge is 0.324 e. The fourth-order valence-electron chi connectivity index (χ4n) is 2.59. The minimum absolute atomic E-state index is 0.222. The zero-order valence-corrected chi connectivity index (χ0v) is 13.5. The van der Waals surface area contributed by atoms with Crippen molar-refractivity contribution < 1.29 is 8.78 Å². The molecule has 26 heavy (non-hydrogen) atoms. The Hall–Kier alpha value is -3.61. The first kappa shape index (κ1) is 15.9. The van der Waals surface area contributed by atoms with Gasteiger partial charge in [0, 0.05) is 35.9 Å². The van der Waals surface area contributed by atoms with Crippen molar-refractivity contribution in [1.82, 2.24) is 19.5 Å². The molecule has 0 saturated heterocycles. The molecule has 1 N–H and O–H groups in total. The minimum Gasteiger partial charge on any atom is -0.324 e. The van der Waals surface area contributed by atoms with Gasteiger partial charge in [0.15, 0.2) is 0 Å². The summed E-state index contributed by atoms with van der Waals surface area (Å²) in [6.45, 7) is 0. The smallest absolute Gasteiger partial charge is 0.229 e. The molecule has 0 atom stereocenters. The normalized spacial score (nSPS) is 10.7. The molecule has 0 aliphatic carbocycles. The molecule has 0 saturated carbocycles. The summed E-state index contributed by atoms with van der Waals surface area (Å²) in [7, 11) is 0. The van der Waals surface area contributed by atoms with Crippen LogP contribution in [-0.2, 0) is 0 Å². The molecule has 2 aromatic carbocycles. The van der Waals surface area contributed by atoms with Gasteiger partial charge in [0.05, 0.1) is 0 Å². The molecular formula is C19H13F2N5. The number of aromatic nitrogens is 4. The number of benzene rings is 2. The first-order valence-electron chi connectivity index (χ1n) is 7.84. The number of nitrogens with one attached hydrogen (secondary N) is 1. The van der Waals surface area contributed by atoms with Gasteiger partial charge in [0.1, 0.15) is 23.3 Å². The Kier molecular flexibility index (Phi) is 4.10. The predicted molar refractivity (Wildman–Crippen MR) is 94.2 cm³/mol. The molecule has 0 aliphatic rings. The number of imidazole rings is 1. The molecule has 4 rings (SSSR count). The SMILES string of the molecule is Fc1cc(F)cc(Nc2nccc(-n3ccnc3-c3ccccc3)n2)c1. The fraction of sp³-hybridized carbons (Fsp3) is 0. The van der Waals surface area contributed by atoms with Crippen molar-refractivity contribution in [3.05, 3.63) is 84.8 Å². The Balaban J connectivity index is 1.68. The van der Waals surface area contributed by atoms with Gasteiger partial charge in [-0.1, -0.05) is 30.3 Å². The van der Waals surface area contributed by atoms with E-state index in [-0.39, 0.29) is 11.6 Å². The van der Waals surface area contributed by atoms with E-state index >= 15 is 0 Å². The molecule has 0 radical (unpaired) electrons. The number of rotatable bonds is 4. The lowest BCUT2D eigenvalue weighted by atomic mass is 10.2. The van der Waals surface area contributed by atoms with Gasteiger partial charge in [-0.3, -0.25) is 4.57 Å². The van der Waals surface area contributed by atoms with Gasteiger partial charge in [-0.25, -0.2) is 18.7 Å². The summed E-state index contributed by atoms with van der Waals surface area (Å²) < 4.78 is 28.5. The summed E-state index contributed by atoms with van der Waals surface area (Å²) in [5, 5.41) is 2.81. The van der Waals surface area contributed by atoms with E-state index < -0.39 is 11.6 Å². The first-order valence-corrected chi connectivity index (χ1v) is 7.84. The van der Waals surface area contributed by atoms with E-state index in [0.717, 1.165) is 17.5 Å². The number of hydrogen-bond donors (Lipinski definition) is 1. The Morgan fingerprint density at radius 1 is 0.846 bits per heavy atom. The highest BCUT2D eigenvalue weighted by Gasteiger charge is 2.10. The first-order chi connectivity index (χ1) is 12.7. The average molecular weight is 349 g/mol. The van der Waals surface area contributed by atoms with Gasteiger partial charge in [-0.2, -0.15) is 4.98 Å². The van der Waals surface area contributed by atoms with E-state index in [1.807, 2.05) is 34.9 Å². The third-order valence-corrected chi connectivity index (χ3v) is 3.68. The molecule has 2 heterocycles. The molecule has 5 nitrogen and oxygen atoms in total. The molecule has 7 heteroatoms. The van der Waals surface area contributed by atoms with Gasteiger partial charge in [0.2, 0.25) is 5.95 Å². The molecule has 0 fully saturated rings. The van der Waals surface area contributed by atoms with Crippen molar-refractivity contribution in [3.8, 4) is 17.2 Å². The zero-order chi connectivity index (χ0) is 17.9. The molecular weight excluding hydrogens is 336 g/mol. The summed E-state index contributed by atoms with van der Waals surface area (Å²) >= 11 is 0. The van der Waals surface area contributed by atoms with Crippen LogP contribution in [0.15, 0.2) is 73.2 Å². The summed E-state index contributed by atoms with van der Waals surface area (Å²) in [6.07, 6.45) is 5.03. The molecule has 0 unspecified atom stereocenters. The van der Waals surface area contributed by atoms with Crippen molar-refractivity contribution in [2.24, 2.45) is 0 Å². The van der Waals surface area contributed by atoms with Crippen LogP contribution in [0.1, 0.15) is 0 Å². The molecule has 128 valence electrons. The quantitative estimate of drug-likeness (QED) is 0.595. The Labute approximate surface area is 148 Å². The van der Waals surface area contributed by atoms with Crippen LogP contribution >= 0.6 is 0 Å². The average Bonchev–Trinajstić information content (AvgIpc) is 3.12. The Morgan fingerprint density at radius 3 is 2.38 bits per heavy atom. The Morgan fingerprint density at radius 2 is 1.62 bits per heavy atom. The lowest BCUT2D eigenvalue weighted by molar-refractivity contribution is 0.584. The number of anilines is 2. The molecule has 0 aliphatic heterocycles. The second kappa shape index (κ2) is 6.72. The van der Waals surface area contributed by atoms with Crippen LogP contribution in [0.5, 0.6) is 0 Å². The molecule has 0 spiro atoms. The van der Waals surface area contributed by atoms with Gasteiger partial charge in [-0.15, -0.1) is 0 Å². The summed E-state index contributed by atoms with van der Waals surface area (Å²) in [6, 6.07) is 14.6. The lowest BCUT2D eigenvalue weighted by Gasteiger charge is -2.09. The van der Waals surface area contributed by atoms with Gasteiger partial charge >= 0.3 is 0 Å². The van der Waals surface area contributed by atoms with Crippen LogP contribution in [0.25, 0.3) is 17.2 Å². The maximum absolute atomic E-state index is 13.3. The predicted octanol–water partition coefficient (Wildman–Crippen LogP) is 4.35. The van der Waals surface area contributed by atoms with Crippen LogP contribution in [0.4, 0.5) is 20.4 Å². The second-order valence-corrected chi connectivity index (χ2v) is 5.51. The molecule has 4 aromatic rings. The third kappa shape index (κ3) is 3.27. The van der Waals surface area contributed by atoms with E-state index in [0.29, 0.717) is 5.82 Å². The van der Waals surface area contributed by atoms with E-state index in [1.165, 1.54) is 12.1 Å². The number of hydrogen-bond acceptors (Lipinski definition) is 4. The summed E-state index contributed by atoms with van der Waals surface area (Å²) in [4.78, 5) is 12.9. The van der Waals surface area contributed by atoms with Gasteiger partial charge < -0.3 is 5.32 Å². The lowest BCUT2D eigenvalue weighted by Crippen LogP contribution is -2.04.